The van der Waals surface area contributed by atoms with Crippen LogP contribution in [0.4, 0.5) is 0 Å². The Morgan fingerprint density at radius 3 is 2.44 bits per heavy atom. The Balaban J connectivity index is 1.70. The lowest BCUT2D eigenvalue weighted by Gasteiger charge is -2.39. The summed E-state index contributed by atoms with van der Waals surface area (Å²) in [5.41, 5.74) is 0.126. The Morgan fingerprint density at radius 2 is 1.71 bits per heavy atom. The number of aromatic amines is 1. The molecule has 2 aliphatic heterocycles. The number of hydrogen-bond donors (Lipinski definition) is 5. The quantitative estimate of drug-likeness (QED) is 0.251. The van der Waals surface area contributed by atoms with Crippen molar-refractivity contribution in [1.82, 2.24) is 25.8 Å². The van der Waals surface area contributed by atoms with E-state index >= 15 is 0 Å². The van der Waals surface area contributed by atoms with E-state index in [1.165, 1.54) is 18.0 Å². The third kappa shape index (κ3) is 7.97. The summed E-state index contributed by atoms with van der Waals surface area (Å²) in [6.07, 6.45) is 4.76. The Kier molecular flexibility index (Phi) is 11.5. The number of nitrogens with zero attached hydrogens (tertiary/aromatic N) is 1. The Bertz CT molecular complexity index is 1470. The number of carbonyl (C=O) groups is 5. The zero-order valence-corrected chi connectivity index (χ0v) is 26.3. The van der Waals surface area contributed by atoms with Gasteiger partial charge in [-0.2, -0.15) is 0 Å². The van der Waals surface area contributed by atoms with Gasteiger partial charge in [-0.15, -0.1) is 0 Å². The summed E-state index contributed by atoms with van der Waals surface area (Å²) in [6, 6.07) is 2.59. The summed E-state index contributed by atoms with van der Waals surface area (Å²) in [5, 5.41) is 18.2. The standard InChI is InChI=1S/C33H45N5O7/c1-4-19(2)27-33(45)38-17-11-10-15-25(38)31(43)35-24(14-6-5-7-16-26(40)20(3)39)30(42)37-28(32(44)36-27)22-18-34-23-13-9-8-12-21(23)29(22)41/h8-9,12-13,18-20,24-25,27-28,39H,4-7,10-11,14-17H2,1-3H3,(H,34,41)(H,35,43)(H,36,44)(H,37,42)/t19?,20?,24-,25+,27-,28-/m0/s1. The highest BCUT2D eigenvalue weighted by Crippen LogP contribution is 2.23. The normalized spacial score (nSPS) is 24.4. The van der Waals surface area contributed by atoms with Crippen molar-refractivity contribution in [1.29, 1.82) is 0 Å². The van der Waals surface area contributed by atoms with Crippen LogP contribution in [0, 0.1) is 5.92 Å². The molecule has 45 heavy (non-hydrogen) atoms. The highest BCUT2D eigenvalue weighted by atomic mass is 16.3. The molecule has 2 saturated heterocycles. The molecule has 4 rings (SSSR count). The number of nitrogens with one attached hydrogen (secondary N) is 4. The van der Waals surface area contributed by atoms with Crippen LogP contribution < -0.4 is 21.4 Å². The molecule has 2 fully saturated rings. The fraction of sp³-hybridized carbons (Fsp3) is 0.576. The van der Waals surface area contributed by atoms with E-state index in [1.807, 2.05) is 13.8 Å². The average molecular weight is 624 g/mol. The molecule has 6 atom stereocenters. The van der Waals surface area contributed by atoms with Gasteiger partial charge in [0.15, 0.2) is 11.2 Å². The third-order valence-corrected chi connectivity index (χ3v) is 9.06. The Morgan fingerprint density at radius 1 is 0.956 bits per heavy atom. The zero-order chi connectivity index (χ0) is 32.7. The number of pyridine rings is 1. The topological polar surface area (TPSA) is 178 Å². The second-order valence-electron chi connectivity index (χ2n) is 12.3. The van der Waals surface area contributed by atoms with E-state index in [0.29, 0.717) is 56.0 Å². The van der Waals surface area contributed by atoms with E-state index in [4.69, 9.17) is 0 Å². The summed E-state index contributed by atoms with van der Waals surface area (Å²) in [4.78, 5) is 85.5. The fourth-order valence-corrected chi connectivity index (χ4v) is 6.06. The molecule has 0 saturated carbocycles. The maximum absolute atomic E-state index is 14.0. The van der Waals surface area contributed by atoms with Crippen LogP contribution in [-0.2, 0) is 24.0 Å². The number of rotatable bonds is 10. The van der Waals surface area contributed by atoms with Crippen LogP contribution in [0.25, 0.3) is 10.9 Å². The molecule has 244 valence electrons. The monoisotopic (exact) mass is 623 g/mol. The highest BCUT2D eigenvalue weighted by Gasteiger charge is 2.41. The van der Waals surface area contributed by atoms with Crippen LogP contribution in [0.5, 0.6) is 0 Å². The van der Waals surface area contributed by atoms with Crippen molar-refractivity contribution in [2.24, 2.45) is 5.92 Å². The van der Waals surface area contributed by atoms with E-state index < -0.39 is 53.4 Å². The minimum atomic E-state index is -1.44. The summed E-state index contributed by atoms with van der Waals surface area (Å²) >= 11 is 0. The molecular formula is C33H45N5O7. The van der Waals surface area contributed by atoms with Crippen LogP contribution in [0.2, 0.25) is 0 Å². The van der Waals surface area contributed by atoms with E-state index in [0.717, 1.165) is 6.42 Å². The summed E-state index contributed by atoms with van der Waals surface area (Å²) < 4.78 is 0. The molecule has 1 aromatic carbocycles. The molecule has 0 radical (unpaired) electrons. The maximum Gasteiger partial charge on any atom is 0.248 e. The number of aliphatic hydroxyl groups excluding tert-OH is 1. The molecule has 5 N–H and O–H groups in total. The predicted octanol–water partition coefficient (Wildman–Crippen LogP) is 2.00. The van der Waals surface area contributed by atoms with Crippen molar-refractivity contribution in [3.63, 3.8) is 0 Å². The second kappa shape index (κ2) is 15.3. The van der Waals surface area contributed by atoms with Crippen LogP contribution in [0.15, 0.2) is 35.3 Å². The lowest BCUT2D eigenvalue weighted by Crippen LogP contribution is -2.62. The average Bonchev–Trinajstić information content (AvgIpc) is 3.04. The van der Waals surface area contributed by atoms with Gasteiger partial charge in [0.2, 0.25) is 23.6 Å². The van der Waals surface area contributed by atoms with E-state index in [9.17, 15) is 33.9 Å². The maximum atomic E-state index is 14.0. The SMILES string of the molecule is CCC(C)[C@@H]1NC(=O)[C@H](c2c[nH]c3ccccc3c2=O)NC(=O)[C@H](CCCCCC(=O)C(C)O)NC(=O)[C@H]2CCCCN2C1=O. The third-order valence-electron chi connectivity index (χ3n) is 9.06. The van der Waals surface area contributed by atoms with Gasteiger partial charge in [0, 0.05) is 35.6 Å². The minimum Gasteiger partial charge on any atom is -0.386 e. The molecule has 0 aliphatic carbocycles. The van der Waals surface area contributed by atoms with Gasteiger partial charge in [-0.05, 0) is 57.1 Å². The number of para-hydroxylation sites is 1. The number of unbranched alkanes of at least 4 members (excludes halogenated alkanes) is 2. The summed E-state index contributed by atoms with van der Waals surface area (Å²) in [7, 11) is 0. The molecule has 1 aromatic heterocycles. The molecule has 2 aromatic rings. The van der Waals surface area contributed by atoms with Gasteiger partial charge in [-0.25, -0.2) is 0 Å². The zero-order valence-electron chi connectivity index (χ0n) is 26.3. The molecule has 4 amide bonds. The number of carbonyl (C=O) groups excluding carboxylic acids is 5. The Hall–Kier alpha value is -4.06. The first-order valence-electron chi connectivity index (χ1n) is 16.1. The van der Waals surface area contributed by atoms with Crippen LogP contribution in [0.1, 0.15) is 90.2 Å². The molecule has 3 heterocycles. The van der Waals surface area contributed by atoms with E-state index in [2.05, 4.69) is 20.9 Å². The summed E-state index contributed by atoms with van der Waals surface area (Å²) in [6.45, 7) is 5.51. The van der Waals surface area contributed by atoms with Crippen LogP contribution in [0.3, 0.4) is 0 Å². The van der Waals surface area contributed by atoms with Crippen molar-refractivity contribution in [3.8, 4) is 0 Å². The van der Waals surface area contributed by atoms with Gasteiger partial charge >= 0.3 is 0 Å². The van der Waals surface area contributed by atoms with Crippen molar-refractivity contribution in [2.75, 3.05) is 6.54 Å². The van der Waals surface area contributed by atoms with Gasteiger partial charge in [-0.3, -0.25) is 28.8 Å². The van der Waals surface area contributed by atoms with E-state index in [1.54, 1.807) is 24.3 Å². The number of ketones is 1. The van der Waals surface area contributed by atoms with Crippen molar-refractivity contribution < 1.29 is 29.1 Å². The first-order valence-corrected chi connectivity index (χ1v) is 16.1. The molecule has 12 heteroatoms. The number of piperidine rings is 1. The number of aromatic nitrogens is 1. The van der Waals surface area contributed by atoms with Gasteiger partial charge in [0.1, 0.15) is 30.3 Å². The van der Waals surface area contributed by atoms with Gasteiger partial charge in [-0.1, -0.05) is 45.2 Å². The van der Waals surface area contributed by atoms with E-state index in [-0.39, 0.29) is 36.0 Å². The number of fused-ring (bicyclic) bond motifs is 2. The first kappa shape index (κ1) is 33.8. The molecule has 0 spiro atoms. The van der Waals surface area contributed by atoms with Crippen LogP contribution >= 0.6 is 0 Å². The fourth-order valence-electron chi connectivity index (χ4n) is 6.06. The van der Waals surface area contributed by atoms with Crippen molar-refractivity contribution >= 4 is 40.3 Å². The minimum absolute atomic E-state index is 0.00419. The number of benzene rings is 1. The second-order valence-corrected chi connectivity index (χ2v) is 12.3. The molecular weight excluding hydrogens is 578 g/mol. The smallest absolute Gasteiger partial charge is 0.248 e. The lowest BCUT2D eigenvalue weighted by atomic mass is 9.93. The molecule has 2 aliphatic rings. The molecule has 12 nitrogen and oxygen atoms in total. The van der Waals surface area contributed by atoms with Gasteiger partial charge in [0.05, 0.1) is 0 Å². The first-order chi connectivity index (χ1) is 21.5. The number of Topliss-reactive ketones (excluding diaryl/α,β-unsaturated/α-hetero) is 1. The lowest BCUT2D eigenvalue weighted by molar-refractivity contribution is -0.147. The molecule has 0 bridgehead atoms. The van der Waals surface area contributed by atoms with Crippen molar-refractivity contribution in [3.05, 3.63) is 46.2 Å². The number of hydrogen-bond acceptors (Lipinski definition) is 7. The van der Waals surface area contributed by atoms with Gasteiger partial charge < -0.3 is 30.9 Å². The number of aliphatic hydroxyl groups is 1. The van der Waals surface area contributed by atoms with Crippen molar-refractivity contribution in [2.45, 2.75) is 109 Å². The number of amides is 4. The van der Waals surface area contributed by atoms with Gasteiger partial charge in [0.25, 0.3) is 0 Å². The predicted molar refractivity (Wildman–Crippen MR) is 168 cm³/mol. The number of H-pyrrole nitrogens is 1. The Labute approximate surface area is 262 Å². The summed E-state index contributed by atoms with van der Waals surface area (Å²) in [5.74, 6) is -2.68. The largest absolute Gasteiger partial charge is 0.386 e. The molecule has 2 unspecified atom stereocenters. The van der Waals surface area contributed by atoms with Crippen LogP contribution in [-0.4, -0.2) is 75.2 Å². The highest BCUT2D eigenvalue weighted by molar-refractivity contribution is 5.98.